The number of aliphatic hydroxyl groups is 2. The summed E-state index contributed by atoms with van der Waals surface area (Å²) in [4.78, 5) is 11.1. The van der Waals surface area contributed by atoms with Crippen LogP contribution in [0.3, 0.4) is 0 Å². The molecule has 0 fully saturated rings. The van der Waals surface area contributed by atoms with Crippen molar-refractivity contribution in [3.05, 3.63) is 0 Å². The maximum atomic E-state index is 11.1. The fourth-order valence-corrected chi connectivity index (χ4v) is 2.75. The van der Waals surface area contributed by atoms with Gasteiger partial charge in [0.1, 0.15) is 5.41 Å². The van der Waals surface area contributed by atoms with Crippen molar-refractivity contribution >= 4 is 5.97 Å². The summed E-state index contributed by atoms with van der Waals surface area (Å²) in [6, 6.07) is 0. The van der Waals surface area contributed by atoms with Gasteiger partial charge in [-0.25, -0.2) is 0 Å². The fraction of sp³-hybridized carbons (Fsp3) is 0.944. The standard InChI is InChI=1S/C18H36O4/c1-2-3-4-5-6-7-8-9-10-11-12-13-14-18(15-19,16-20)17(21)22/h19-20H,2-16H2,1H3,(H,21,22). The van der Waals surface area contributed by atoms with Crippen LogP contribution in [-0.2, 0) is 4.79 Å². The smallest absolute Gasteiger partial charge is 0.314 e. The molecule has 0 aliphatic carbocycles. The van der Waals surface area contributed by atoms with Crippen molar-refractivity contribution in [1.82, 2.24) is 0 Å². The summed E-state index contributed by atoms with van der Waals surface area (Å²) in [6.45, 7) is 1.26. The number of carbonyl (C=O) groups is 1. The second-order valence-corrected chi connectivity index (χ2v) is 6.54. The highest BCUT2D eigenvalue weighted by Gasteiger charge is 2.36. The Bertz CT molecular complexity index is 262. The first kappa shape index (κ1) is 21.4. The molecular formula is C18H36O4. The van der Waals surface area contributed by atoms with E-state index in [1.807, 2.05) is 0 Å². The lowest BCUT2D eigenvalue weighted by atomic mass is 9.84. The molecule has 22 heavy (non-hydrogen) atoms. The van der Waals surface area contributed by atoms with Gasteiger partial charge in [-0.05, 0) is 6.42 Å². The average Bonchev–Trinajstić information content (AvgIpc) is 2.52. The minimum absolute atomic E-state index is 0.354. The van der Waals surface area contributed by atoms with Crippen molar-refractivity contribution in [1.29, 1.82) is 0 Å². The minimum Gasteiger partial charge on any atom is -0.481 e. The van der Waals surface area contributed by atoms with E-state index in [0.717, 1.165) is 19.3 Å². The number of carboxylic acid groups (broad SMARTS) is 1. The summed E-state index contributed by atoms with van der Waals surface area (Å²) < 4.78 is 0. The molecule has 0 rings (SSSR count). The van der Waals surface area contributed by atoms with E-state index in [4.69, 9.17) is 5.11 Å². The monoisotopic (exact) mass is 316 g/mol. The summed E-state index contributed by atoms with van der Waals surface area (Å²) >= 11 is 0. The van der Waals surface area contributed by atoms with Crippen LogP contribution in [0.15, 0.2) is 0 Å². The Balaban J connectivity index is 3.44. The topological polar surface area (TPSA) is 77.8 Å². The lowest BCUT2D eigenvalue weighted by Crippen LogP contribution is -2.38. The van der Waals surface area contributed by atoms with Crippen molar-refractivity contribution < 1.29 is 20.1 Å². The van der Waals surface area contributed by atoms with Crippen LogP contribution in [0.1, 0.15) is 90.4 Å². The first-order chi connectivity index (χ1) is 10.6. The summed E-state index contributed by atoms with van der Waals surface area (Å²) in [5.41, 5.74) is -1.35. The Morgan fingerprint density at radius 3 is 1.41 bits per heavy atom. The predicted octanol–water partition coefficient (Wildman–Crippen LogP) is 4.13. The summed E-state index contributed by atoms with van der Waals surface area (Å²) in [5, 5.41) is 27.4. The maximum absolute atomic E-state index is 11.1. The van der Waals surface area contributed by atoms with Crippen molar-refractivity contribution in [2.24, 2.45) is 5.41 Å². The molecule has 0 saturated carbocycles. The molecule has 0 saturated heterocycles. The van der Waals surface area contributed by atoms with Gasteiger partial charge >= 0.3 is 5.97 Å². The van der Waals surface area contributed by atoms with Gasteiger partial charge in [0.05, 0.1) is 13.2 Å². The second kappa shape index (κ2) is 14.0. The van der Waals surface area contributed by atoms with Gasteiger partial charge in [0.2, 0.25) is 0 Å². The SMILES string of the molecule is CCCCCCCCCCCCCCC(CO)(CO)C(=O)O. The third-order valence-electron chi connectivity index (χ3n) is 4.57. The van der Waals surface area contributed by atoms with E-state index in [1.165, 1.54) is 57.8 Å². The van der Waals surface area contributed by atoms with Gasteiger partial charge in [0, 0.05) is 0 Å². The third kappa shape index (κ3) is 9.42. The minimum atomic E-state index is -1.35. The Labute approximate surface area is 135 Å². The second-order valence-electron chi connectivity index (χ2n) is 6.54. The van der Waals surface area contributed by atoms with E-state index >= 15 is 0 Å². The molecule has 0 amide bonds. The van der Waals surface area contributed by atoms with Gasteiger partial charge in [0.15, 0.2) is 0 Å². The molecule has 0 aromatic heterocycles. The van der Waals surface area contributed by atoms with Gasteiger partial charge in [-0.15, -0.1) is 0 Å². The van der Waals surface area contributed by atoms with Gasteiger partial charge in [-0.1, -0.05) is 84.0 Å². The van der Waals surface area contributed by atoms with E-state index in [0.29, 0.717) is 6.42 Å². The number of hydrogen-bond acceptors (Lipinski definition) is 3. The van der Waals surface area contributed by atoms with Gasteiger partial charge in [-0.3, -0.25) is 4.79 Å². The zero-order chi connectivity index (χ0) is 16.7. The van der Waals surface area contributed by atoms with E-state index in [2.05, 4.69) is 6.92 Å². The molecule has 0 bridgehead atoms. The van der Waals surface area contributed by atoms with Crippen LogP contribution in [0.5, 0.6) is 0 Å². The molecule has 0 aromatic carbocycles. The highest BCUT2D eigenvalue weighted by atomic mass is 16.4. The van der Waals surface area contributed by atoms with Gasteiger partial charge < -0.3 is 15.3 Å². The molecule has 0 atom stereocenters. The maximum Gasteiger partial charge on any atom is 0.314 e. The number of carboxylic acids is 1. The number of rotatable bonds is 16. The van der Waals surface area contributed by atoms with Crippen LogP contribution in [0, 0.1) is 5.41 Å². The molecule has 0 aromatic rings. The largest absolute Gasteiger partial charge is 0.481 e. The molecule has 0 radical (unpaired) electrons. The quantitative estimate of drug-likeness (QED) is 0.374. The lowest BCUT2D eigenvalue weighted by Gasteiger charge is -2.24. The first-order valence-corrected chi connectivity index (χ1v) is 9.08. The van der Waals surface area contributed by atoms with Crippen molar-refractivity contribution in [2.45, 2.75) is 90.4 Å². The van der Waals surface area contributed by atoms with E-state index in [1.54, 1.807) is 0 Å². The van der Waals surface area contributed by atoms with Crippen LogP contribution < -0.4 is 0 Å². The zero-order valence-corrected chi connectivity index (χ0v) is 14.4. The predicted molar refractivity (Wildman–Crippen MR) is 89.9 cm³/mol. The number of hydrogen-bond donors (Lipinski definition) is 3. The van der Waals surface area contributed by atoms with Gasteiger partial charge in [-0.2, -0.15) is 0 Å². The molecular weight excluding hydrogens is 280 g/mol. The summed E-state index contributed by atoms with van der Waals surface area (Å²) in [5.74, 6) is -1.10. The van der Waals surface area contributed by atoms with Crippen molar-refractivity contribution in [2.75, 3.05) is 13.2 Å². The molecule has 132 valence electrons. The molecule has 4 nitrogen and oxygen atoms in total. The average molecular weight is 316 g/mol. The molecule has 0 heterocycles. The normalized spacial score (nSPS) is 11.8. The van der Waals surface area contributed by atoms with E-state index in [9.17, 15) is 15.0 Å². The number of aliphatic carboxylic acids is 1. The van der Waals surface area contributed by atoms with Crippen LogP contribution in [-0.4, -0.2) is 34.5 Å². The lowest BCUT2D eigenvalue weighted by molar-refractivity contribution is -0.155. The zero-order valence-electron chi connectivity index (χ0n) is 14.4. The number of unbranched alkanes of at least 4 members (excludes halogenated alkanes) is 11. The fourth-order valence-electron chi connectivity index (χ4n) is 2.75. The Kier molecular flexibility index (Phi) is 13.6. The van der Waals surface area contributed by atoms with Crippen LogP contribution in [0.4, 0.5) is 0 Å². The Morgan fingerprint density at radius 2 is 1.09 bits per heavy atom. The summed E-state index contributed by atoms with van der Waals surface area (Å²) in [7, 11) is 0. The molecule has 3 N–H and O–H groups in total. The molecule has 4 heteroatoms. The highest BCUT2D eigenvalue weighted by molar-refractivity contribution is 5.74. The molecule has 0 aliphatic rings. The van der Waals surface area contributed by atoms with Gasteiger partial charge in [0.25, 0.3) is 0 Å². The Hall–Kier alpha value is -0.610. The van der Waals surface area contributed by atoms with Crippen LogP contribution in [0.25, 0.3) is 0 Å². The van der Waals surface area contributed by atoms with E-state index in [-0.39, 0.29) is 0 Å². The highest BCUT2D eigenvalue weighted by Crippen LogP contribution is 2.25. The Morgan fingerprint density at radius 1 is 0.727 bits per heavy atom. The van der Waals surface area contributed by atoms with Crippen LogP contribution in [0.2, 0.25) is 0 Å². The van der Waals surface area contributed by atoms with Crippen LogP contribution >= 0.6 is 0 Å². The van der Waals surface area contributed by atoms with Crippen molar-refractivity contribution in [3.63, 3.8) is 0 Å². The van der Waals surface area contributed by atoms with Crippen molar-refractivity contribution in [3.8, 4) is 0 Å². The first-order valence-electron chi connectivity index (χ1n) is 9.08. The molecule has 0 aliphatic heterocycles. The van der Waals surface area contributed by atoms with E-state index < -0.39 is 24.6 Å². The molecule has 0 unspecified atom stereocenters. The summed E-state index contributed by atoms with van der Waals surface area (Å²) in [6.07, 6.45) is 15.1. The third-order valence-corrected chi connectivity index (χ3v) is 4.57. The molecule has 0 spiro atoms. The number of aliphatic hydroxyl groups excluding tert-OH is 2.